The number of ether oxygens (including phenoxy) is 1. The van der Waals surface area contributed by atoms with Crippen LogP contribution in [0, 0.1) is 11.6 Å². The summed E-state index contributed by atoms with van der Waals surface area (Å²) in [6.07, 6.45) is 0. The topological polar surface area (TPSA) is 96.0 Å². The van der Waals surface area contributed by atoms with E-state index in [-0.39, 0.29) is 49.1 Å². The largest absolute Gasteiger partial charge is 0.495 e. The lowest BCUT2D eigenvalue weighted by molar-refractivity contribution is 0.0535. The molecular weight excluding hydrogens is 420 g/mol. The summed E-state index contributed by atoms with van der Waals surface area (Å²) in [7, 11) is -1.52. The van der Waals surface area contributed by atoms with Crippen molar-refractivity contribution in [1.82, 2.24) is 9.80 Å². The van der Waals surface area contributed by atoms with E-state index in [0.29, 0.717) is 5.56 Å². The van der Waals surface area contributed by atoms with E-state index in [0.717, 1.165) is 12.1 Å². The van der Waals surface area contributed by atoms with Crippen molar-refractivity contribution in [2.75, 3.05) is 38.0 Å². The van der Waals surface area contributed by atoms with Gasteiger partial charge in [-0.2, -0.15) is 0 Å². The molecule has 2 aromatic carbocycles. The summed E-state index contributed by atoms with van der Waals surface area (Å²) in [6, 6.07) is 7.31. The van der Waals surface area contributed by atoms with E-state index in [2.05, 4.69) is 4.72 Å². The highest BCUT2D eigenvalue weighted by Gasteiger charge is 2.26. The number of piperazine rings is 1. The van der Waals surface area contributed by atoms with Gasteiger partial charge in [-0.3, -0.25) is 14.3 Å². The zero-order valence-corrected chi connectivity index (χ0v) is 16.8. The average molecular weight is 439 g/mol. The predicted molar refractivity (Wildman–Crippen MR) is 105 cm³/mol. The van der Waals surface area contributed by atoms with Crippen LogP contribution in [0.1, 0.15) is 20.7 Å². The fourth-order valence-electron chi connectivity index (χ4n) is 3.12. The van der Waals surface area contributed by atoms with Crippen molar-refractivity contribution in [2.45, 2.75) is 0 Å². The molecule has 0 spiro atoms. The molecular formula is C19H19F2N3O5S. The number of benzene rings is 2. The minimum atomic E-state index is -2.88. The summed E-state index contributed by atoms with van der Waals surface area (Å²) < 4.78 is 55.5. The molecule has 1 fully saturated rings. The van der Waals surface area contributed by atoms with Crippen LogP contribution in [-0.4, -0.2) is 63.3 Å². The standard InChI is InChI=1S/C19H19F2N3O5S/c1-29-17-11-13(3-5-16(17)22-30(27)28)19(26)24-8-6-23(7-9-24)18(25)12-2-4-14(20)15(21)10-12/h2-5,10-11,30H,6-9H2,1H3,(H,22,27,28). The number of methoxy groups -OCH3 is 1. The minimum Gasteiger partial charge on any atom is -0.495 e. The number of rotatable bonds is 5. The van der Waals surface area contributed by atoms with Crippen LogP contribution in [0.15, 0.2) is 36.4 Å². The van der Waals surface area contributed by atoms with Gasteiger partial charge in [0.25, 0.3) is 11.8 Å². The van der Waals surface area contributed by atoms with Crippen LogP contribution in [0.25, 0.3) is 0 Å². The Bertz CT molecular complexity index is 1040. The van der Waals surface area contributed by atoms with Gasteiger partial charge in [0.2, 0.25) is 10.9 Å². The van der Waals surface area contributed by atoms with Crippen molar-refractivity contribution in [2.24, 2.45) is 0 Å². The summed E-state index contributed by atoms with van der Waals surface area (Å²) in [4.78, 5) is 28.3. The first-order valence-electron chi connectivity index (χ1n) is 8.93. The highest BCUT2D eigenvalue weighted by Crippen LogP contribution is 2.26. The predicted octanol–water partition coefficient (Wildman–Crippen LogP) is 1.51. The van der Waals surface area contributed by atoms with Gasteiger partial charge in [-0.25, -0.2) is 17.2 Å². The fourth-order valence-corrected chi connectivity index (χ4v) is 3.50. The minimum absolute atomic E-state index is 0.0400. The van der Waals surface area contributed by atoms with Crippen LogP contribution < -0.4 is 9.46 Å². The van der Waals surface area contributed by atoms with Gasteiger partial charge in [-0.1, -0.05) is 0 Å². The molecule has 0 aromatic heterocycles. The van der Waals surface area contributed by atoms with E-state index in [1.54, 1.807) is 4.90 Å². The average Bonchev–Trinajstić information content (AvgIpc) is 2.74. The highest BCUT2D eigenvalue weighted by molar-refractivity contribution is 7.73. The number of nitrogens with zero attached hydrogens (tertiary/aromatic N) is 2. The molecule has 0 unspecified atom stereocenters. The Balaban J connectivity index is 1.66. The third-order valence-electron chi connectivity index (χ3n) is 4.68. The summed E-state index contributed by atoms with van der Waals surface area (Å²) >= 11 is 0. The zero-order valence-electron chi connectivity index (χ0n) is 15.9. The van der Waals surface area contributed by atoms with E-state index < -0.39 is 28.4 Å². The third-order valence-corrected chi connectivity index (χ3v) is 5.10. The number of hydrogen-bond acceptors (Lipinski definition) is 5. The normalized spacial score (nSPS) is 14.0. The lowest BCUT2D eigenvalue weighted by atomic mass is 10.1. The molecule has 2 amide bonds. The van der Waals surface area contributed by atoms with Crippen molar-refractivity contribution >= 4 is 28.4 Å². The Hall–Kier alpha value is -3.21. The van der Waals surface area contributed by atoms with Crippen LogP contribution >= 0.6 is 0 Å². The molecule has 2 aromatic rings. The Morgan fingerprint density at radius 1 is 0.900 bits per heavy atom. The van der Waals surface area contributed by atoms with E-state index in [1.807, 2.05) is 0 Å². The quantitative estimate of drug-likeness (QED) is 0.689. The van der Waals surface area contributed by atoms with Crippen LogP contribution in [0.2, 0.25) is 0 Å². The molecule has 1 heterocycles. The van der Waals surface area contributed by atoms with E-state index in [9.17, 15) is 26.8 Å². The first-order valence-corrected chi connectivity index (χ1v) is 10.1. The van der Waals surface area contributed by atoms with Crippen molar-refractivity contribution in [3.8, 4) is 5.75 Å². The third kappa shape index (κ3) is 4.67. The van der Waals surface area contributed by atoms with Crippen molar-refractivity contribution in [1.29, 1.82) is 0 Å². The monoisotopic (exact) mass is 439 g/mol. The van der Waals surface area contributed by atoms with E-state index in [4.69, 9.17) is 4.74 Å². The number of carbonyl (C=O) groups excluding carboxylic acids is 2. The van der Waals surface area contributed by atoms with Gasteiger partial charge in [0.05, 0.1) is 12.8 Å². The summed E-state index contributed by atoms with van der Waals surface area (Å²) in [6.45, 7) is 0.972. The van der Waals surface area contributed by atoms with Gasteiger partial charge in [0.15, 0.2) is 11.6 Å². The van der Waals surface area contributed by atoms with Crippen LogP contribution in [0.5, 0.6) is 5.75 Å². The Kier molecular flexibility index (Phi) is 6.50. The van der Waals surface area contributed by atoms with Gasteiger partial charge in [0.1, 0.15) is 5.75 Å². The summed E-state index contributed by atoms with van der Waals surface area (Å²) in [5.41, 5.74) is 0.559. The maximum Gasteiger partial charge on any atom is 0.254 e. The lowest BCUT2D eigenvalue weighted by Gasteiger charge is -2.35. The number of anilines is 1. The zero-order chi connectivity index (χ0) is 21.8. The maximum atomic E-state index is 13.4. The molecule has 0 radical (unpaired) electrons. The molecule has 0 atom stereocenters. The number of carbonyl (C=O) groups is 2. The molecule has 0 bridgehead atoms. The fraction of sp³-hybridized carbons (Fsp3) is 0.263. The van der Waals surface area contributed by atoms with Gasteiger partial charge in [-0.05, 0) is 36.4 Å². The van der Waals surface area contributed by atoms with E-state index >= 15 is 0 Å². The Morgan fingerprint density at radius 2 is 1.43 bits per heavy atom. The first-order chi connectivity index (χ1) is 14.3. The Morgan fingerprint density at radius 3 is 1.93 bits per heavy atom. The van der Waals surface area contributed by atoms with Crippen molar-refractivity contribution in [3.05, 3.63) is 59.2 Å². The molecule has 3 rings (SSSR count). The SMILES string of the molecule is COc1cc(C(=O)N2CCN(C(=O)c3ccc(F)c(F)c3)CC2)ccc1N[SH](=O)=O. The molecule has 160 valence electrons. The molecule has 8 nitrogen and oxygen atoms in total. The molecule has 11 heteroatoms. The van der Waals surface area contributed by atoms with Crippen molar-refractivity contribution < 1.29 is 31.5 Å². The molecule has 0 saturated carbocycles. The molecule has 1 N–H and O–H groups in total. The van der Waals surface area contributed by atoms with Gasteiger partial charge in [-0.15, -0.1) is 0 Å². The number of halogens is 2. The number of thiol groups is 1. The lowest BCUT2D eigenvalue weighted by Crippen LogP contribution is -2.50. The number of hydrogen-bond donors (Lipinski definition) is 2. The number of nitrogens with one attached hydrogen (secondary N) is 1. The van der Waals surface area contributed by atoms with Gasteiger partial charge >= 0.3 is 0 Å². The molecule has 1 saturated heterocycles. The van der Waals surface area contributed by atoms with E-state index in [1.165, 1.54) is 36.3 Å². The molecule has 1 aliphatic heterocycles. The summed E-state index contributed by atoms with van der Waals surface area (Å²) in [5.74, 6) is -2.66. The number of amides is 2. The second-order valence-corrected chi connectivity index (χ2v) is 7.24. The van der Waals surface area contributed by atoms with Crippen molar-refractivity contribution in [3.63, 3.8) is 0 Å². The second kappa shape index (κ2) is 9.08. The van der Waals surface area contributed by atoms with Gasteiger partial charge < -0.3 is 14.5 Å². The molecule has 1 aliphatic rings. The smallest absolute Gasteiger partial charge is 0.254 e. The molecule has 0 aliphatic carbocycles. The van der Waals surface area contributed by atoms with Crippen LogP contribution in [0.3, 0.4) is 0 Å². The highest BCUT2D eigenvalue weighted by atomic mass is 32.2. The maximum absolute atomic E-state index is 13.4. The molecule has 30 heavy (non-hydrogen) atoms. The first kappa shape index (κ1) is 21.5. The van der Waals surface area contributed by atoms with Crippen LogP contribution in [0.4, 0.5) is 14.5 Å². The second-order valence-electron chi connectivity index (χ2n) is 6.50. The Labute approximate surface area is 173 Å². The van der Waals surface area contributed by atoms with Crippen LogP contribution in [-0.2, 0) is 10.9 Å². The summed E-state index contributed by atoms with van der Waals surface area (Å²) in [5, 5.41) is 0. The van der Waals surface area contributed by atoms with Gasteiger partial charge in [0, 0.05) is 37.3 Å².